The van der Waals surface area contributed by atoms with E-state index in [1.807, 2.05) is 60.7 Å². The van der Waals surface area contributed by atoms with Crippen LogP contribution in [0.5, 0.6) is 0 Å². The zero-order valence-electron chi connectivity index (χ0n) is 12.8. The summed E-state index contributed by atoms with van der Waals surface area (Å²) in [5.41, 5.74) is 1.95. The van der Waals surface area contributed by atoms with Gasteiger partial charge in [-0.3, -0.25) is 0 Å². The van der Waals surface area contributed by atoms with Gasteiger partial charge in [-0.15, -0.1) is 11.3 Å². The Kier molecular flexibility index (Phi) is 5.53. The first-order valence-corrected chi connectivity index (χ1v) is 9.22. The molecule has 0 radical (unpaired) electrons. The number of fused-ring (bicyclic) bond motifs is 1. The normalized spacial score (nSPS) is 10.9. The molecule has 0 N–H and O–H groups in total. The number of aromatic nitrogens is 1. The van der Waals surface area contributed by atoms with Crippen molar-refractivity contribution in [3.8, 4) is 12.1 Å². The monoisotopic (exact) mass is 379 g/mol. The van der Waals surface area contributed by atoms with E-state index in [0.717, 1.165) is 25.0 Å². The van der Waals surface area contributed by atoms with Crippen LogP contribution in [0.1, 0.15) is 5.56 Å². The minimum atomic E-state index is 0.0522. The SMILES string of the molecule is N#CC(C#N)=C/C=C(\Sc1nc2ccccc2s1)c1ccc(Cl)cc1. The molecule has 0 bridgehead atoms. The molecule has 0 aliphatic rings. The molecule has 0 unspecified atom stereocenters. The fourth-order valence-corrected chi connectivity index (χ4v) is 4.30. The van der Waals surface area contributed by atoms with Crippen molar-refractivity contribution in [1.29, 1.82) is 10.5 Å². The largest absolute Gasteiger partial charge is 0.229 e. The van der Waals surface area contributed by atoms with Gasteiger partial charge in [0.2, 0.25) is 0 Å². The van der Waals surface area contributed by atoms with Gasteiger partial charge in [-0.05, 0) is 42.0 Å². The summed E-state index contributed by atoms with van der Waals surface area (Å²) in [5, 5.41) is 18.5. The van der Waals surface area contributed by atoms with E-state index in [2.05, 4.69) is 4.98 Å². The average molecular weight is 380 g/mol. The Morgan fingerprint density at radius 3 is 2.44 bits per heavy atom. The summed E-state index contributed by atoms with van der Waals surface area (Å²) < 4.78 is 2.01. The van der Waals surface area contributed by atoms with E-state index < -0.39 is 0 Å². The number of hydrogen-bond donors (Lipinski definition) is 0. The maximum atomic E-state index is 8.93. The molecule has 0 amide bonds. The van der Waals surface area contributed by atoms with Gasteiger partial charge in [0.15, 0.2) is 4.34 Å². The molecule has 0 saturated heterocycles. The first kappa shape index (κ1) is 17.3. The molecule has 0 aliphatic carbocycles. The maximum Gasteiger partial charge on any atom is 0.155 e. The first-order chi connectivity index (χ1) is 12.2. The van der Waals surface area contributed by atoms with Gasteiger partial charge in [0.25, 0.3) is 0 Å². The van der Waals surface area contributed by atoms with E-state index in [-0.39, 0.29) is 5.57 Å². The molecular formula is C19H10ClN3S2. The summed E-state index contributed by atoms with van der Waals surface area (Å²) in [6, 6.07) is 19.1. The summed E-state index contributed by atoms with van der Waals surface area (Å²) in [6.07, 6.45) is 3.28. The van der Waals surface area contributed by atoms with Crippen molar-refractivity contribution in [3.05, 3.63) is 76.8 Å². The topological polar surface area (TPSA) is 60.5 Å². The van der Waals surface area contributed by atoms with E-state index in [1.54, 1.807) is 17.4 Å². The third-order valence-corrected chi connectivity index (χ3v) is 5.68. The molecule has 0 aliphatic heterocycles. The fourth-order valence-electron chi connectivity index (χ4n) is 2.05. The summed E-state index contributed by atoms with van der Waals surface area (Å²) in [6.45, 7) is 0. The Morgan fingerprint density at radius 1 is 1.04 bits per heavy atom. The van der Waals surface area contributed by atoms with Crippen molar-refractivity contribution in [2.45, 2.75) is 4.34 Å². The van der Waals surface area contributed by atoms with Crippen LogP contribution in [0.3, 0.4) is 0 Å². The number of nitrogens with zero attached hydrogens (tertiary/aromatic N) is 3. The number of benzene rings is 2. The van der Waals surface area contributed by atoms with Gasteiger partial charge >= 0.3 is 0 Å². The smallest absolute Gasteiger partial charge is 0.155 e. The Balaban J connectivity index is 2.00. The predicted molar refractivity (Wildman–Crippen MR) is 104 cm³/mol. The molecule has 0 spiro atoms. The second-order valence-corrected chi connectivity index (χ2v) is 7.65. The van der Waals surface area contributed by atoms with Crippen LogP contribution >= 0.6 is 34.7 Å². The maximum absolute atomic E-state index is 8.93. The standard InChI is InChI=1S/C19H10ClN3S2/c20-15-8-6-14(7-9-15)17(10-5-13(11-21)12-22)24-19-23-16-3-1-2-4-18(16)25-19/h1-10H/b17-10-. The molecule has 25 heavy (non-hydrogen) atoms. The number of para-hydroxylation sites is 1. The quantitative estimate of drug-likeness (QED) is 0.314. The number of hydrogen-bond acceptors (Lipinski definition) is 5. The zero-order valence-corrected chi connectivity index (χ0v) is 15.2. The van der Waals surface area contributed by atoms with Crippen LogP contribution in [0.25, 0.3) is 15.1 Å². The van der Waals surface area contributed by atoms with Crippen molar-refractivity contribution in [2.24, 2.45) is 0 Å². The van der Waals surface area contributed by atoms with Crippen LogP contribution in [0.15, 0.2) is 70.6 Å². The number of allylic oxidation sites excluding steroid dienone is 3. The predicted octanol–water partition coefficient (Wildman–Crippen LogP) is 6.06. The molecule has 0 saturated carbocycles. The van der Waals surface area contributed by atoms with Gasteiger partial charge in [0.05, 0.1) is 10.2 Å². The second-order valence-electron chi connectivity index (χ2n) is 4.89. The molecule has 6 heteroatoms. The minimum absolute atomic E-state index is 0.0522. The van der Waals surface area contributed by atoms with Crippen molar-refractivity contribution in [3.63, 3.8) is 0 Å². The average Bonchev–Trinajstić information content (AvgIpc) is 3.04. The van der Waals surface area contributed by atoms with Crippen molar-refractivity contribution >= 4 is 49.8 Å². The molecule has 3 aromatic rings. The number of rotatable bonds is 4. The molecule has 3 rings (SSSR count). The van der Waals surface area contributed by atoms with Gasteiger partial charge in [-0.1, -0.05) is 47.6 Å². The zero-order chi connectivity index (χ0) is 17.6. The van der Waals surface area contributed by atoms with Crippen LogP contribution in [-0.2, 0) is 0 Å². The number of thioether (sulfide) groups is 1. The Bertz CT molecular complexity index is 1000. The van der Waals surface area contributed by atoms with Gasteiger partial charge in [0, 0.05) is 9.93 Å². The number of halogens is 1. The van der Waals surface area contributed by atoms with E-state index in [9.17, 15) is 0 Å². The van der Waals surface area contributed by atoms with Crippen LogP contribution in [0, 0.1) is 22.7 Å². The van der Waals surface area contributed by atoms with E-state index in [4.69, 9.17) is 22.1 Å². The highest BCUT2D eigenvalue weighted by Gasteiger charge is 2.09. The minimum Gasteiger partial charge on any atom is -0.229 e. The van der Waals surface area contributed by atoms with Gasteiger partial charge in [0.1, 0.15) is 17.7 Å². The lowest BCUT2D eigenvalue weighted by molar-refractivity contribution is 1.31. The molecular weight excluding hydrogens is 370 g/mol. The van der Waals surface area contributed by atoms with E-state index in [0.29, 0.717) is 5.02 Å². The molecule has 2 aromatic carbocycles. The summed E-state index contributed by atoms with van der Waals surface area (Å²) in [4.78, 5) is 5.51. The Hall–Kier alpha value is -2.57. The summed E-state index contributed by atoms with van der Waals surface area (Å²) >= 11 is 9.07. The number of thiazole rings is 1. The van der Waals surface area contributed by atoms with Gasteiger partial charge in [-0.2, -0.15) is 10.5 Å². The highest BCUT2D eigenvalue weighted by atomic mass is 35.5. The Labute approximate surface area is 158 Å². The van der Waals surface area contributed by atoms with Crippen LogP contribution in [0.2, 0.25) is 5.02 Å². The van der Waals surface area contributed by atoms with Gasteiger partial charge in [-0.25, -0.2) is 4.98 Å². The molecule has 0 fully saturated rings. The highest BCUT2D eigenvalue weighted by molar-refractivity contribution is 8.09. The lowest BCUT2D eigenvalue weighted by Crippen LogP contribution is -1.81. The lowest BCUT2D eigenvalue weighted by atomic mass is 10.2. The lowest BCUT2D eigenvalue weighted by Gasteiger charge is -2.05. The van der Waals surface area contributed by atoms with Crippen LogP contribution < -0.4 is 0 Å². The summed E-state index contributed by atoms with van der Waals surface area (Å²) in [7, 11) is 0. The molecule has 1 heterocycles. The van der Waals surface area contributed by atoms with E-state index in [1.165, 1.54) is 17.8 Å². The molecule has 120 valence electrons. The highest BCUT2D eigenvalue weighted by Crippen LogP contribution is 2.38. The van der Waals surface area contributed by atoms with Crippen LogP contribution in [-0.4, -0.2) is 4.98 Å². The molecule has 1 aromatic heterocycles. The third-order valence-electron chi connectivity index (χ3n) is 3.24. The fraction of sp³-hybridized carbons (Fsp3) is 0. The Morgan fingerprint density at radius 2 is 1.76 bits per heavy atom. The number of nitriles is 2. The van der Waals surface area contributed by atoms with Crippen molar-refractivity contribution in [2.75, 3.05) is 0 Å². The van der Waals surface area contributed by atoms with Gasteiger partial charge < -0.3 is 0 Å². The first-order valence-electron chi connectivity index (χ1n) is 7.21. The van der Waals surface area contributed by atoms with Crippen molar-refractivity contribution < 1.29 is 0 Å². The van der Waals surface area contributed by atoms with Crippen molar-refractivity contribution in [1.82, 2.24) is 4.98 Å². The molecule has 3 nitrogen and oxygen atoms in total. The van der Waals surface area contributed by atoms with Crippen LogP contribution in [0.4, 0.5) is 0 Å². The summed E-state index contributed by atoms with van der Waals surface area (Å²) in [5.74, 6) is 0. The third kappa shape index (κ3) is 4.29. The molecule has 0 atom stereocenters. The van der Waals surface area contributed by atoms with E-state index >= 15 is 0 Å². The second kappa shape index (κ2) is 8.00.